The number of thiophene rings is 1. The number of aromatic nitrogens is 1. The summed E-state index contributed by atoms with van der Waals surface area (Å²) >= 11 is 0.874. The number of alkyl halides is 3. The molecule has 0 radical (unpaired) electrons. The van der Waals surface area contributed by atoms with Gasteiger partial charge in [0.1, 0.15) is 16.6 Å². The predicted octanol–water partition coefficient (Wildman–Crippen LogP) is 3.70. The van der Waals surface area contributed by atoms with Crippen molar-refractivity contribution in [2.75, 3.05) is 6.54 Å². The van der Waals surface area contributed by atoms with Gasteiger partial charge in [0.15, 0.2) is 0 Å². The van der Waals surface area contributed by atoms with Gasteiger partial charge in [-0.2, -0.15) is 13.2 Å². The Morgan fingerprint density at radius 3 is 2.68 bits per heavy atom. The lowest BCUT2D eigenvalue weighted by Gasteiger charge is -2.32. The zero-order chi connectivity index (χ0) is 18.4. The summed E-state index contributed by atoms with van der Waals surface area (Å²) in [5.74, 6) is -1.52. The lowest BCUT2D eigenvalue weighted by atomic mass is 10.0. The molecule has 1 N–H and O–H groups in total. The number of carboxylic acid groups (broad SMARTS) is 1. The molecule has 1 fully saturated rings. The van der Waals surface area contributed by atoms with Crippen LogP contribution in [-0.2, 0) is 11.0 Å². The molecular formula is C16H15F3N2O3S. The molecule has 0 aliphatic carbocycles. The van der Waals surface area contributed by atoms with Crippen molar-refractivity contribution in [3.8, 4) is 0 Å². The van der Waals surface area contributed by atoms with Gasteiger partial charge in [-0.15, -0.1) is 11.3 Å². The molecule has 25 heavy (non-hydrogen) atoms. The van der Waals surface area contributed by atoms with Crippen molar-refractivity contribution in [3.63, 3.8) is 0 Å². The van der Waals surface area contributed by atoms with E-state index in [1.54, 1.807) is 6.92 Å². The lowest BCUT2D eigenvalue weighted by Crippen LogP contribution is -2.47. The van der Waals surface area contributed by atoms with Crippen molar-refractivity contribution in [2.24, 2.45) is 0 Å². The number of likely N-dealkylation sites (tertiary alicyclic amines) is 1. The van der Waals surface area contributed by atoms with Crippen LogP contribution in [0.4, 0.5) is 13.2 Å². The summed E-state index contributed by atoms with van der Waals surface area (Å²) in [7, 11) is 0. The fourth-order valence-electron chi connectivity index (χ4n) is 3.02. The second-order valence-corrected chi connectivity index (χ2v) is 6.95. The van der Waals surface area contributed by atoms with E-state index in [-0.39, 0.29) is 9.71 Å². The first-order chi connectivity index (χ1) is 11.7. The van der Waals surface area contributed by atoms with E-state index in [1.807, 2.05) is 0 Å². The SMILES string of the molecule is Cc1c(C(=O)N2CCCCC2C(=O)O)sc2nc(C(F)(F)F)ccc12. The third-order valence-corrected chi connectivity index (χ3v) is 5.53. The molecule has 0 spiro atoms. The minimum atomic E-state index is -4.56. The summed E-state index contributed by atoms with van der Waals surface area (Å²) in [4.78, 5) is 29.5. The maximum Gasteiger partial charge on any atom is 0.433 e. The Hall–Kier alpha value is -2.16. The Kier molecular flexibility index (Phi) is 4.44. The van der Waals surface area contributed by atoms with Crippen LogP contribution in [0.25, 0.3) is 10.2 Å². The summed E-state index contributed by atoms with van der Waals surface area (Å²) < 4.78 is 38.4. The summed E-state index contributed by atoms with van der Waals surface area (Å²) in [6, 6.07) is 1.29. The van der Waals surface area contributed by atoms with Crippen LogP contribution in [0.15, 0.2) is 12.1 Å². The normalized spacial score (nSPS) is 18.6. The molecule has 0 aromatic carbocycles. The number of fused-ring (bicyclic) bond motifs is 1. The van der Waals surface area contributed by atoms with E-state index in [0.717, 1.165) is 23.8 Å². The van der Waals surface area contributed by atoms with Crippen LogP contribution < -0.4 is 0 Å². The average molecular weight is 372 g/mol. The van der Waals surface area contributed by atoms with Crippen molar-refractivity contribution >= 4 is 33.4 Å². The van der Waals surface area contributed by atoms with Gasteiger partial charge in [0, 0.05) is 11.9 Å². The molecular weight excluding hydrogens is 357 g/mol. The third kappa shape index (κ3) is 3.20. The number of carboxylic acids is 1. The molecule has 1 unspecified atom stereocenters. The molecule has 9 heteroatoms. The number of carbonyl (C=O) groups excluding carboxylic acids is 1. The Morgan fingerprint density at radius 2 is 2.04 bits per heavy atom. The highest BCUT2D eigenvalue weighted by molar-refractivity contribution is 7.20. The van der Waals surface area contributed by atoms with Gasteiger partial charge in [0.05, 0.1) is 4.88 Å². The van der Waals surface area contributed by atoms with Crippen molar-refractivity contribution in [1.82, 2.24) is 9.88 Å². The molecule has 0 bridgehead atoms. The molecule has 1 atom stereocenters. The maximum atomic E-state index is 12.8. The van der Waals surface area contributed by atoms with Gasteiger partial charge < -0.3 is 10.0 Å². The molecule has 3 heterocycles. The summed E-state index contributed by atoms with van der Waals surface area (Å²) in [5.41, 5.74) is -0.484. The third-order valence-electron chi connectivity index (χ3n) is 4.34. The van der Waals surface area contributed by atoms with Crippen LogP contribution >= 0.6 is 11.3 Å². The number of hydrogen-bond donors (Lipinski definition) is 1. The second kappa shape index (κ2) is 6.29. The molecule has 1 amide bonds. The first kappa shape index (κ1) is 17.7. The van der Waals surface area contributed by atoms with E-state index >= 15 is 0 Å². The van der Waals surface area contributed by atoms with E-state index in [4.69, 9.17) is 0 Å². The number of hydrogen-bond acceptors (Lipinski definition) is 4. The zero-order valence-electron chi connectivity index (χ0n) is 13.3. The molecule has 2 aromatic rings. The number of amides is 1. The van der Waals surface area contributed by atoms with Gasteiger partial charge in [-0.25, -0.2) is 9.78 Å². The van der Waals surface area contributed by atoms with Gasteiger partial charge in [0.25, 0.3) is 5.91 Å². The van der Waals surface area contributed by atoms with Crippen molar-refractivity contribution in [2.45, 2.75) is 38.4 Å². The van der Waals surface area contributed by atoms with Gasteiger partial charge in [-0.1, -0.05) is 0 Å². The highest BCUT2D eigenvalue weighted by Gasteiger charge is 2.35. The summed E-state index contributed by atoms with van der Waals surface area (Å²) in [6.07, 6.45) is -2.75. The van der Waals surface area contributed by atoms with E-state index in [1.165, 1.54) is 11.0 Å². The maximum absolute atomic E-state index is 12.8. The smallest absolute Gasteiger partial charge is 0.433 e. The largest absolute Gasteiger partial charge is 0.480 e. The lowest BCUT2D eigenvalue weighted by molar-refractivity contribution is -0.143. The van der Waals surface area contributed by atoms with Crippen molar-refractivity contribution in [1.29, 1.82) is 0 Å². The number of nitrogens with zero attached hydrogens (tertiary/aromatic N) is 2. The first-order valence-corrected chi connectivity index (χ1v) is 8.53. The van der Waals surface area contributed by atoms with E-state index in [9.17, 15) is 27.9 Å². The van der Waals surface area contributed by atoms with Crippen LogP contribution in [-0.4, -0.2) is 39.5 Å². The molecule has 1 saturated heterocycles. The summed E-state index contributed by atoms with van der Waals surface area (Å²) in [5, 5.41) is 9.79. The van der Waals surface area contributed by atoms with Crippen molar-refractivity contribution in [3.05, 3.63) is 28.3 Å². The molecule has 3 rings (SSSR count). The highest BCUT2D eigenvalue weighted by atomic mass is 32.1. The Labute approximate surface area is 145 Å². The van der Waals surface area contributed by atoms with Crippen LogP contribution in [0.2, 0.25) is 0 Å². The molecule has 0 saturated carbocycles. The summed E-state index contributed by atoms with van der Waals surface area (Å²) in [6.45, 7) is 1.96. The zero-order valence-corrected chi connectivity index (χ0v) is 14.1. The van der Waals surface area contributed by atoms with Crippen LogP contribution in [0, 0.1) is 6.92 Å². The fourth-order valence-corrected chi connectivity index (χ4v) is 4.16. The van der Waals surface area contributed by atoms with E-state index in [2.05, 4.69) is 4.98 Å². The number of carbonyl (C=O) groups is 2. The molecule has 5 nitrogen and oxygen atoms in total. The number of rotatable bonds is 2. The Bertz CT molecular complexity index is 847. The fraction of sp³-hybridized carbons (Fsp3) is 0.438. The monoisotopic (exact) mass is 372 g/mol. The van der Waals surface area contributed by atoms with Gasteiger partial charge in [0.2, 0.25) is 0 Å². The minimum Gasteiger partial charge on any atom is -0.480 e. The number of aryl methyl sites for hydroxylation is 1. The van der Waals surface area contributed by atoms with Crippen molar-refractivity contribution < 1.29 is 27.9 Å². The first-order valence-electron chi connectivity index (χ1n) is 7.71. The number of piperidine rings is 1. The van der Waals surface area contributed by atoms with E-state index < -0.39 is 29.8 Å². The molecule has 1 aliphatic rings. The Balaban J connectivity index is 2.01. The highest BCUT2D eigenvalue weighted by Crippen LogP contribution is 2.35. The van der Waals surface area contributed by atoms with Crippen LogP contribution in [0.3, 0.4) is 0 Å². The second-order valence-electron chi connectivity index (χ2n) is 5.95. The van der Waals surface area contributed by atoms with Crippen LogP contribution in [0.1, 0.15) is 40.2 Å². The van der Waals surface area contributed by atoms with Gasteiger partial charge >= 0.3 is 12.1 Å². The van der Waals surface area contributed by atoms with Gasteiger partial charge in [-0.3, -0.25) is 4.79 Å². The predicted molar refractivity (Wildman–Crippen MR) is 85.7 cm³/mol. The Morgan fingerprint density at radius 1 is 1.32 bits per heavy atom. The topological polar surface area (TPSA) is 70.5 Å². The van der Waals surface area contributed by atoms with Gasteiger partial charge in [-0.05, 0) is 43.9 Å². The number of pyridine rings is 1. The number of aliphatic carboxylic acids is 1. The number of halogens is 3. The average Bonchev–Trinajstić information content (AvgIpc) is 2.90. The quantitative estimate of drug-likeness (QED) is 0.873. The minimum absolute atomic E-state index is 0.125. The molecule has 2 aromatic heterocycles. The molecule has 1 aliphatic heterocycles. The molecule has 134 valence electrons. The van der Waals surface area contributed by atoms with E-state index in [0.29, 0.717) is 30.3 Å². The van der Waals surface area contributed by atoms with Crippen LogP contribution in [0.5, 0.6) is 0 Å². The standard InChI is InChI=1S/C16H15F3N2O3S/c1-8-9-5-6-11(16(17,18)19)20-13(9)25-12(8)14(22)21-7-3-2-4-10(21)15(23)24/h5-6,10H,2-4,7H2,1H3,(H,23,24).